The van der Waals surface area contributed by atoms with Crippen molar-refractivity contribution >= 4 is 6.47 Å². The molecular formula is C11H22O2. The third-order valence-electron chi connectivity index (χ3n) is 2.50. The summed E-state index contributed by atoms with van der Waals surface area (Å²) in [5.41, 5.74) is 0. The molecule has 2 aliphatic carbocycles. The summed E-state index contributed by atoms with van der Waals surface area (Å²) in [5, 5.41) is 6.89. The maximum atomic E-state index is 8.36. The van der Waals surface area contributed by atoms with Crippen LogP contribution in [-0.2, 0) is 4.79 Å². The fraction of sp³-hybridized carbons (Fsp3) is 0.909. The summed E-state index contributed by atoms with van der Waals surface area (Å²) in [6.07, 6.45) is 15.0. The molecule has 0 aromatic heterocycles. The van der Waals surface area contributed by atoms with Crippen LogP contribution in [0, 0.1) is 0 Å². The van der Waals surface area contributed by atoms with E-state index in [1.165, 1.54) is 64.2 Å². The zero-order chi connectivity index (χ0) is 9.78. The van der Waals surface area contributed by atoms with E-state index < -0.39 is 0 Å². The van der Waals surface area contributed by atoms with Gasteiger partial charge in [0.25, 0.3) is 6.47 Å². The van der Waals surface area contributed by atoms with Gasteiger partial charge in [-0.1, -0.05) is 64.2 Å². The lowest BCUT2D eigenvalue weighted by molar-refractivity contribution is -0.122. The second kappa shape index (κ2) is 11.5. The summed E-state index contributed by atoms with van der Waals surface area (Å²) in [5.74, 6) is 0. The van der Waals surface area contributed by atoms with Crippen LogP contribution in [0.3, 0.4) is 0 Å². The van der Waals surface area contributed by atoms with E-state index in [9.17, 15) is 0 Å². The van der Waals surface area contributed by atoms with Gasteiger partial charge in [0, 0.05) is 0 Å². The highest BCUT2D eigenvalue weighted by Crippen LogP contribution is 2.15. The first kappa shape index (κ1) is 12.5. The van der Waals surface area contributed by atoms with Gasteiger partial charge in [0.15, 0.2) is 0 Å². The van der Waals surface area contributed by atoms with E-state index in [2.05, 4.69) is 0 Å². The molecule has 0 atom stereocenters. The Kier molecular flexibility index (Phi) is 11.0. The molecule has 2 rings (SSSR count). The Hall–Kier alpha value is -0.530. The SMILES string of the molecule is C1CCCC1.C1CCCC1.O=CO. The summed E-state index contributed by atoms with van der Waals surface area (Å²) in [6.45, 7) is -0.250. The molecule has 13 heavy (non-hydrogen) atoms. The minimum Gasteiger partial charge on any atom is -0.483 e. The van der Waals surface area contributed by atoms with Crippen molar-refractivity contribution in [3.8, 4) is 0 Å². The highest BCUT2D eigenvalue weighted by molar-refractivity contribution is 5.32. The molecule has 0 amide bonds. The van der Waals surface area contributed by atoms with E-state index >= 15 is 0 Å². The Morgan fingerprint density at radius 1 is 0.615 bits per heavy atom. The fourth-order valence-electron chi connectivity index (χ4n) is 1.77. The Morgan fingerprint density at radius 3 is 0.769 bits per heavy atom. The first-order chi connectivity index (χ1) is 6.41. The van der Waals surface area contributed by atoms with Crippen LogP contribution in [0.1, 0.15) is 64.2 Å². The standard InChI is InChI=1S/2C5H10.CH2O2/c2*1-2-4-5-3-1;2-1-3/h2*1-5H2;1H,(H,2,3). The van der Waals surface area contributed by atoms with E-state index in [1.54, 1.807) is 0 Å². The number of hydrogen-bond acceptors (Lipinski definition) is 1. The zero-order valence-corrected chi connectivity index (χ0v) is 8.50. The molecule has 2 nitrogen and oxygen atoms in total. The molecule has 0 aromatic rings. The maximum Gasteiger partial charge on any atom is 0.290 e. The van der Waals surface area contributed by atoms with Crippen LogP contribution < -0.4 is 0 Å². The molecule has 1 N–H and O–H groups in total. The molecule has 2 heteroatoms. The smallest absolute Gasteiger partial charge is 0.290 e. The summed E-state index contributed by atoms with van der Waals surface area (Å²) in [6, 6.07) is 0. The van der Waals surface area contributed by atoms with E-state index in [4.69, 9.17) is 9.90 Å². The molecule has 0 radical (unpaired) electrons. The van der Waals surface area contributed by atoms with Crippen molar-refractivity contribution in [3.63, 3.8) is 0 Å². The lowest BCUT2D eigenvalue weighted by Gasteiger charge is -1.67. The molecule has 0 aromatic carbocycles. The summed E-state index contributed by atoms with van der Waals surface area (Å²) >= 11 is 0. The second-order valence-corrected chi connectivity index (χ2v) is 3.64. The highest BCUT2D eigenvalue weighted by atomic mass is 16.3. The van der Waals surface area contributed by atoms with Crippen molar-refractivity contribution in [2.75, 3.05) is 0 Å². The van der Waals surface area contributed by atoms with Gasteiger partial charge >= 0.3 is 0 Å². The van der Waals surface area contributed by atoms with Gasteiger partial charge in [-0.05, 0) is 0 Å². The van der Waals surface area contributed by atoms with Crippen molar-refractivity contribution < 1.29 is 9.90 Å². The van der Waals surface area contributed by atoms with Gasteiger partial charge in [0.05, 0.1) is 0 Å². The highest BCUT2D eigenvalue weighted by Gasteiger charge is 1.95. The predicted molar refractivity (Wildman–Crippen MR) is 54.9 cm³/mol. The van der Waals surface area contributed by atoms with E-state index in [-0.39, 0.29) is 6.47 Å². The van der Waals surface area contributed by atoms with Crippen LogP contribution in [0.4, 0.5) is 0 Å². The van der Waals surface area contributed by atoms with Crippen LogP contribution in [0.5, 0.6) is 0 Å². The van der Waals surface area contributed by atoms with Gasteiger partial charge in [-0.3, -0.25) is 4.79 Å². The Labute approximate surface area is 81.3 Å². The molecule has 0 saturated heterocycles. The van der Waals surface area contributed by atoms with Gasteiger partial charge in [-0.15, -0.1) is 0 Å². The lowest BCUT2D eigenvalue weighted by atomic mass is 10.4. The third-order valence-corrected chi connectivity index (χ3v) is 2.50. The summed E-state index contributed by atoms with van der Waals surface area (Å²) < 4.78 is 0. The third kappa shape index (κ3) is 11.5. The van der Waals surface area contributed by atoms with Crippen LogP contribution in [0.25, 0.3) is 0 Å². The van der Waals surface area contributed by atoms with Crippen LogP contribution in [-0.4, -0.2) is 11.6 Å². The first-order valence-corrected chi connectivity index (χ1v) is 5.49. The van der Waals surface area contributed by atoms with Gasteiger partial charge in [-0.25, -0.2) is 0 Å². The van der Waals surface area contributed by atoms with Crippen molar-refractivity contribution in [1.29, 1.82) is 0 Å². The second-order valence-electron chi connectivity index (χ2n) is 3.64. The van der Waals surface area contributed by atoms with Crippen LogP contribution in [0.2, 0.25) is 0 Å². The topological polar surface area (TPSA) is 37.3 Å². The Morgan fingerprint density at radius 2 is 0.692 bits per heavy atom. The normalized spacial score (nSPS) is 19.4. The molecular weight excluding hydrogens is 164 g/mol. The lowest BCUT2D eigenvalue weighted by Crippen LogP contribution is -1.49. The van der Waals surface area contributed by atoms with Crippen molar-refractivity contribution in [3.05, 3.63) is 0 Å². The minimum atomic E-state index is -0.250. The molecule has 0 spiro atoms. The van der Waals surface area contributed by atoms with Gasteiger partial charge in [0.2, 0.25) is 0 Å². The van der Waals surface area contributed by atoms with E-state index in [0.717, 1.165) is 0 Å². The largest absolute Gasteiger partial charge is 0.483 e. The van der Waals surface area contributed by atoms with E-state index in [0.29, 0.717) is 0 Å². The zero-order valence-electron chi connectivity index (χ0n) is 8.50. The quantitative estimate of drug-likeness (QED) is 0.587. The summed E-state index contributed by atoms with van der Waals surface area (Å²) in [7, 11) is 0. The molecule has 78 valence electrons. The van der Waals surface area contributed by atoms with Crippen molar-refractivity contribution in [2.45, 2.75) is 64.2 Å². The predicted octanol–water partition coefficient (Wildman–Crippen LogP) is 3.60. The molecule has 0 aliphatic heterocycles. The molecule has 0 unspecified atom stereocenters. The van der Waals surface area contributed by atoms with Gasteiger partial charge < -0.3 is 5.11 Å². The minimum absolute atomic E-state index is 0.250. The number of carbonyl (C=O) groups is 1. The van der Waals surface area contributed by atoms with Crippen LogP contribution in [0.15, 0.2) is 0 Å². The van der Waals surface area contributed by atoms with Gasteiger partial charge in [-0.2, -0.15) is 0 Å². The maximum absolute atomic E-state index is 8.36. The average molecular weight is 186 g/mol. The number of carboxylic acid groups (broad SMARTS) is 1. The molecule has 2 aliphatic rings. The van der Waals surface area contributed by atoms with Crippen LogP contribution >= 0.6 is 0 Å². The van der Waals surface area contributed by atoms with Crippen molar-refractivity contribution in [1.82, 2.24) is 0 Å². The average Bonchev–Trinajstić information content (AvgIpc) is 2.85. The molecule has 0 heterocycles. The molecule has 2 saturated carbocycles. The van der Waals surface area contributed by atoms with E-state index in [1.807, 2.05) is 0 Å². The molecule has 2 fully saturated rings. The monoisotopic (exact) mass is 186 g/mol. The number of hydrogen-bond donors (Lipinski definition) is 1. The number of rotatable bonds is 0. The van der Waals surface area contributed by atoms with Gasteiger partial charge in [0.1, 0.15) is 0 Å². The van der Waals surface area contributed by atoms with Crippen molar-refractivity contribution in [2.24, 2.45) is 0 Å². The first-order valence-electron chi connectivity index (χ1n) is 5.49. The molecule has 0 bridgehead atoms. The summed E-state index contributed by atoms with van der Waals surface area (Å²) in [4.78, 5) is 8.36. The Bertz CT molecular complexity index is 69.0. The Balaban J connectivity index is 0.000000174. The fourth-order valence-corrected chi connectivity index (χ4v) is 1.77.